The molecule has 0 aromatic carbocycles. The van der Waals surface area contributed by atoms with E-state index in [0.717, 1.165) is 24.5 Å². The van der Waals surface area contributed by atoms with Gasteiger partial charge in [-0.15, -0.1) is 0 Å². The SMILES string of the molecule is COCCCN(Cc1ccc(C)o1)C[C@H](O)COC(C)(C)C. The Bertz CT molecular complexity index is 411. The molecule has 0 aliphatic rings. The zero-order chi connectivity index (χ0) is 16.6. The molecule has 1 aromatic rings. The van der Waals surface area contributed by atoms with Gasteiger partial charge in [-0.05, 0) is 46.2 Å². The van der Waals surface area contributed by atoms with Crippen molar-refractivity contribution in [3.8, 4) is 0 Å². The summed E-state index contributed by atoms with van der Waals surface area (Å²) in [7, 11) is 1.70. The fraction of sp³-hybridized carbons (Fsp3) is 0.765. The zero-order valence-electron chi connectivity index (χ0n) is 14.6. The predicted molar refractivity (Wildman–Crippen MR) is 86.9 cm³/mol. The summed E-state index contributed by atoms with van der Waals surface area (Å²) in [5, 5.41) is 10.2. The molecule has 1 atom stereocenters. The van der Waals surface area contributed by atoms with Crippen LogP contribution < -0.4 is 0 Å². The summed E-state index contributed by atoms with van der Waals surface area (Å²) in [6.07, 6.45) is 0.404. The molecule has 0 fully saturated rings. The van der Waals surface area contributed by atoms with Crippen LogP contribution in [0.2, 0.25) is 0 Å². The Morgan fingerprint density at radius 1 is 1.32 bits per heavy atom. The van der Waals surface area contributed by atoms with Crippen LogP contribution in [0.5, 0.6) is 0 Å². The quantitative estimate of drug-likeness (QED) is 0.673. The molecule has 1 rings (SSSR count). The molecule has 0 unspecified atom stereocenters. The van der Waals surface area contributed by atoms with Crippen LogP contribution in [0, 0.1) is 6.92 Å². The smallest absolute Gasteiger partial charge is 0.118 e. The van der Waals surface area contributed by atoms with E-state index in [-0.39, 0.29) is 5.60 Å². The van der Waals surface area contributed by atoms with Crippen LogP contribution in [0.3, 0.4) is 0 Å². The average molecular weight is 313 g/mol. The molecule has 1 N–H and O–H groups in total. The number of aryl methyl sites for hydroxylation is 1. The number of methoxy groups -OCH3 is 1. The molecule has 0 saturated carbocycles. The summed E-state index contributed by atoms with van der Waals surface area (Å²) in [5.74, 6) is 1.82. The van der Waals surface area contributed by atoms with Gasteiger partial charge in [0.05, 0.1) is 24.9 Å². The molecule has 1 aromatic heterocycles. The van der Waals surface area contributed by atoms with E-state index in [1.54, 1.807) is 7.11 Å². The molecule has 0 bridgehead atoms. The van der Waals surface area contributed by atoms with Crippen molar-refractivity contribution in [1.82, 2.24) is 4.90 Å². The van der Waals surface area contributed by atoms with E-state index in [1.807, 2.05) is 39.8 Å². The molecule has 1 heterocycles. The number of hydrogen-bond acceptors (Lipinski definition) is 5. The largest absolute Gasteiger partial charge is 0.465 e. The fourth-order valence-electron chi connectivity index (χ4n) is 2.15. The van der Waals surface area contributed by atoms with Crippen molar-refractivity contribution in [3.63, 3.8) is 0 Å². The van der Waals surface area contributed by atoms with Gasteiger partial charge in [0.15, 0.2) is 0 Å². The Morgan fingerprint density at radius 3 is 2.59 bits per heavy atom. The Balaban J connectivity index is 2.49. The highest BCUT2D eigenvalue weighted by Crippen LogP contribution is 2.12. The van der Waals surface area contributed by atoms with Gasteiger partial charge in [0, 0.05) is 26.8 Å². The van der Waals surface area contributed by atoms with Crippen molar-refractivity contribution in [1.29, 1.82) is 0 Å². The highest BCUT2D eigenvalue weighted by atomic mass is 16.5. The van der Waals surface area contributed by atoms with Crippen molar-refractivity contribution in [2.75, 3.05) is 33.4 Å². The van der Waals surface area contributed by atoms with E-state index in [1.165, 1.54) is 0 Å². The minimum atomic E-state index is -0.516. The number of aliphatic hydroxyl groups is 1. The number of nitrogens with zero attached hydrogens (tertiary/aromatic N) is 1. The second kappa shape index (κ2) is 9.30. The second-order valence-corrected chi connectivity index (χ2v) is 6.67. The Morgan fingerprint density at radius 2 is 2.05 bits per heavy atom. The van der Waals surface area contributed by atoms with Crippen molar-refractivity contribution < 1.29 is 19.0 Å². The predicted octanol–water partition coefficient (Wildman–Crippen LogP) is 2.60. The summed E-state index contributed by atoms with van der Waals surface area (Å²) in [6, 6.07) is 3.94. The third-order valence-electron chi connectivity index (χ3n) is 3.18. The standard InChI is InChI=1S/C17H31NO4/c1-14-7-8-16(22-14)12-18(9-6-10-20-5)11-15(19)13-21-17(2,3)4/h7-8,15,19H,6,9-13H2,1-5H3/t15-/m0/s1. The minimum Gasteiger partial charge on any atom is -0.465 e. The number of hydrogen-bond donors (Lipinski definition) is 1. The first kappa shape index (κ1) is 19.2. The summed E-state index contributed by atoms with van der Waals surface area (Å²) >= 11 is 0. The Labute approximate surface area is 134 Å². The molecule has 128 valence electrons. The lowest BCUT2D eigenvalue weighted by Gasteiger charge is -2.26. The molecule has 5 nitrogen and oxygen atoms in total. The van der Waals surface area contributed by atoms with Gasteiger partial charge < -0.3 is 19.0 Å². The molecule has 0 aliphatic carbocycles. The Hall–Kier alpha value is -0.880. The van der Waals surface area contributed by atoms with Gasteiger partial charge in [-0.2, -0.15) is 0 Å². The van der Waals surface area contributed by atoms with Gasteiger partial charge >= 0.3 is 0 Å². The van der Waals surface area contributed by atoms with Crippen LogP contribution in [-0.4, -0.2) is 55.1 Å². The lowest BCUT2D eigenvalue weighted by atomic mass is 10.2. The summed E-state index contributed by atoms with van der Waals surface area (Å²) in [5.41, 5.74) is -0.236. The lowest BCUT2D eigenvalue weighted by molar-refractivity contribution is -0.0573. The maximum atomic E-state index is 10.2. The molecule has 0 amide bonds. The van der Waals surface area contributed by atoms with Crippen LogP contribution in [-0.2, 0) is 16.0 Å². The van der Waals surface area contributed by atoms with Gasteiger partial charge in [0.2, 0.25) is 0 Å². The maximum absolute atomic E-state index is 10.2. The summed E-state index contributed by atoms with van der Waals surface area (Å²) < 4.78 is 16.4. The molecule has 5 heteroatoms. The minimum absolute atomic E-state index is 0.236. The van der Waals surface area contributed by atoms with Crippen LogP contribution in [0.1, 0.15) is 38.7 Å². The topological polar surface area (TPSA) is 55.1 Å². The zero-order valence-corrected chi connectivity index (χ0v) is 14.6. The fourth-order valence-corrected chi connectivity index (χ4v) is 2.15. The van der Waals surface area contributed by atoms with E-state index in [0.29, 0.717) is 26.3 Å². The second-order valence-electron chi connectivity index (χ2n) is 6.67. The first-order chi connectivity index (χ1) is 10.3. The third kappa shape index (κ3) is 8.54. The van der Waals surface area contributed by atoms with Crippen LogP contribution in [0.4, 0.5) is 0 Å². The van der Waals surface area contributed by atoms with Crippen LogP contribution in [0.15, 0.2) is 16.5 Å². The third-order valence-corrected chi connectivity index (χ3v) is 3.18. The maximum Gasteiger partial charge on any atom is 0.118 e. The molecule has 0 spiro atoms. The Kier molecular flexibility index (Phi) is 8.10. The monoisotopic (exact) mass is 313 g/mol. The summed E-state index contributed by atoms with van der Waals surface area (Å²) in [6.45, 7) is 11.0. The van der Waals surface area contributed by atoms with Gasteiger partial charge in [0.25, 0.3) is 0 Å². The number of aliphatic hydroxyl groups excluding tert-OH is 1. The number of furan rings is 1. The van der Waals surface area contributed by atoms with Gasteiger partial charge in [-0.3, -0.25) is 4.90 Å². The van der Waals surface area contributed by atoms with E-state index in [9.17, 15) is 5.11 Å². The van der Waals surface area contributed by atoms with Gasteiger partial charge in [0.1, 0.15) is 11.5 Å². The van der Waals surface area contributed by atoms with Crippen molar-refractivity contribution in [2.45, 2.75) is 52.4 Å². The van der Waals surface area contributed by atoms with E-state index in [2.05, 4.69) is 4.90 Å². The van der Waals surface area contributed by atoms with Crippen LogP contribution >= 0.6 is 0 Å². The molecular weight excluding hydrogens is 282 g/mol. The highest BCUT2D eigenvalue weighted by molar-refractivity contribution is 5.05. The lowest BCUT2D eigenvalue weighted by Crippen LogP contribution is -2.37. The van der Waals surface area contributed by atoms with Crippen LogP contribution in [0.25, 0.3) is 0 Å². The van der Waals surface area contributed by atoms with Gasteiger partial charge in [-0.25, -0.2) is 0 Å². The van der Waals surface area contributed by atoms with E-state index in [4.69, 9.17) is 13.9 Å². The van der Waals surface area contributed by atoms with Gasteiger partial charge in [-0.1, -0.05) is 0 Å². The number of ether oxygens (including phenoxy) is 2. The number of rotatable bonds is 10. The molecule has 0 aliphatic heterocycles. The van der Waals surface area contributed by atoms with E-state index < -0.39 is 6.10 Å². The highest BCUT2D eigenvalue weighted by Gasteiger charge is 2.17. The normalized spacial score (nSPS) is 13.8. The average Bonchev–Trinajstić information content (AvgIpc) is 2.81. The molecular formula is C17H31NO4. The van der Waals surface area contributed by atoms with Crippen molar-refractivity contribution in [3.05, 3.63) is 23.7 Å². The van der Waals surface area contributed by atoms with E-state index >= 15 is 0 Å². The van der Waals surface area contributed by atoms with Crippen molar-refractivity contribution in [2.24, 2.45) is 0 Å². The molecule has 22 heavy (non-hydrogen) atoms. The molecule has 0 saturated heterocycles. The molecule has 0 radical (unpaired) electrons. The van der Waals surface area contributed by atoms with Crippen molar-refractivity contribution >= 4 is 0 Å². The first-order valence-electron chi connectivity index (χ1n) is 7.89. The first-order valence-corrected chi connectivity index (χ1v) is 7.89. The summed E-state index contributed by atoms with van der Waals surface area (Å²) in [4.78, 5) is 2.17.